The van der Waals surface area contributed by atoms with E-state index in [4.69, 9.17) is 9.15 Å². The second-order valence-electron chi connectivity index (χ2n) is 7.62. The molecule has 0 saturated heterocycles. The minimum atomic E-state index is -3.22. The topological polar surface area (TPSA) is 81.4 Å². The van der Waals surface area contributed by atoms with E-state index >= 15 is 0 Å². The standard InChI is InChI=1S/C22H25N2O4P/c1-16-20(24-19(27-16)15-23-21(25)28-22(2,3)4)29(26,17-11-7-5-8-12-17)18-13-9-6-10-14-18/h5-14H,15H2,1-4H3,(H,23,25). The van der Waals surface area contributed by atoms with Crippen molar-refractivity contribution in [2.45, 2.75) is 39.8 Å². The SMILES string of the molecule is Cc1oc(CNC(=O)OC(C)(C)C)nc1P(=O)(c1ccccc1)c1ccccc1. The molecule has 0 fully saturated rings. The normalized spacial score (nSPS) is 11.9. The Hall–Kier alpha value is -2.85. The van der Waals surface area contributed by atoms with E-state index in [0.29, 0.717) is 21.8 Å². The van der Waals surface area contributed by atoms with Gasteiger partial charge in [0.25, 0.3) is 0 Å². The molecular weight excluding hydrogens is 387 g/mol. The number of aromatic nitrogens is 1. The van der Waals surface area contributed by atoms with Crippen molar-refractivity contribution < 1.29 is 18.5 Å². The van der Waals surface area contributed by atoms with E-state index in [0.717, 1.165) is 0 Å². The fourth-order valence-corrected chi connectivity index (χ4v) is 5.65. The number of amides is 1. The molecule has 0 radical (unpaired) electrons. The molecule has 3 aromatic rings. The van der Waals surface area contributed by atoms with Crippen LogP contribution in [0.25, 0.3) is 0 Å². The molecule has 0 bridgehead atoms. The summed E-state index contributed by atoms with van der Waals surface area (Å²) < 4.78 is 25.3. The summed E-state index contributed by atoms with van der Waals surface area (Å²) in [5.41, 5.74) is -0.214. The molecular formula is C22H25N2O4P. The fraction of sp³-hybridized carbons (Fsp3) is 0.273. The second-order valence-corrected chi connectivity index (χ2v) is 10.3. The highest BCUT2D eigenvalue weighted by Gasteiger charge is 2.35. The van der Waals surface area contributed by atoms with Crippen LogP contribution in [0.4, 0.5) is 4.79 Å². The number of nitrogens with zero attached hydrogens (tertiary/aromatic N) is 1. The van der Waals surface area contributed by atoms with Crippen LogP contribution >= 0.6 is 7.14 Å². The highest BCUT2D eigenvalue weighted by Crippen LogP contribution is 2.42. The molecule has 152 valence electrons. The minimum Gasteiger partial charge on any atom is -0.444 e. The first kappa shape index (κ1) is 20.9. The van der Waals surface area contributed by atoms with Crippen molar-refractivity contribution in [3.63, 3.8) is 0 Å². The van der Waals surface area contributed by atoms with Crippen LogP contribution < -0.4 is 21.4 Å². The Morgan fingerprint density at radius 2 is 1.55 bits per heavy atom. The van der Waals surface area contributed by atoms with Crippen molar-refractivity contribution in [1.29, 1.82) is 0 Å². The first-order chi connectivity index (χ1) is 13.7. The lowest BCUT2D eigenvalue weighted by atomic mass is 10.2. The highest BCUT2D eigenvalue weighted by atomic mass is 31.2. The van der Waals surface area contributed by atoms with Gasteiger partial charge in [-0.3, -0.25) is 0 Å². The van der Waals surface area contributed by atoms with Crippen LogP contribution in [0.15, 0.2) is 65.1 Å². The van der Waals surface area contributed by atoms with Crippen LogP contribution in [-0.2, 0) is 15.8 Å². The van der Waals surface area contributed by atoms with E-state index in [1.165, 1.54) is 0 Å². The third-order valence-corrected chi connectivity index (χ3v) is 7.20. The van der Waals surface area contributed by atoms with Gasteiger partial charge in [0.05, 0.1) is 6.54 Å². The lowest BCUT2D eigenvalue weighted by Gasteiger charge is -2.19. The van der Waals surface area contributed by atoms with E-state index in [-0.39, 0.29) is 12.4 Å². The highest BCUT2D eigenvalue weighted by molar-refractivity contribution is 7.85. The van der Waals surface area contributed by atoms with Crippen LogP contribution in [0.3, 0.4) is 0 Å². The summed E-state index contributed by atoms with van der Waals surface area (Å²) in [6.07, 6.45) is -0.566. The number of alkyl carbamates (subject to hydrolysis) is 1. The molecule has 0 saturated carbocycles. The van der Waals surface area contributed by atoms with Crippen LogP contribution in [0, 0.1) is 6.92 Å². The Morgan fingerprint density at radius 3 is 2.03 bits per heavy atom. The summed E-state index contributed by atoms with van der Waals surface area (Å²) in [6.45, 7) is 7.14. The first-order valence-electron chi connectivity index (χ1n) is 9.35. The molecule has 1 amide bonds. The van der Waals surface area contributed by atoms with Crippen molar-refractivity contribution in [2.24, 2.45) is 0 Å². The minimum absolute atomic E-state index is 0.0410. The Balaban J connectivity index is 1.95. The number of aryl methyl sites for hydroxylation is 1. The zero-order chi connectivity index (χ0) is 21.1. The van der Waals surface area contributed by atoms with E-state index in [9.17, 15) is 9.36 Å². The van der Waals surface area contributed by atoms with Gasteiger partial charge in [0, 0.05) is 10.6 Å². The summed E-state index contributed by atoms with van der Waals surface area (Å²) in [5, 5.41) is 3.97. The number of hydrogen-bond acceptors (Lipinski definition) is 5. The summed E-state index contributed by atoms with van der Waals surface area (Å²) in [4.78, 5) is 16.4. The number of nitrogens with one attached hydrogen (secondary N) is 1. The molecule has 1 aromatic heterocycles. The van der Waals surface area contributed by atoms with Crippen LogP contribution in [0.5, 0.6) is 0 Å². The molecule has 7 heteroatoms. The average molecular weight is 412 g/mol. The summed E-state index contributed by atoms with van der Waals surface area (Å²) in [6, 6.07) is 18.5. The van der Waals surface area contributed by atoms with Gasteiger partial charge in [-0.05, 0) is 27.7 Å². The predicted molar refractivity (Wildman–Crippen MR) is 114 cm³/mol. The van der Waals surface area contributed by atoms with Crippen LogP contribution in [0.2, 0.25) is 0 Å². The van der Waals surface area contributed by atoms with Crippen molar-refractivity contribution in [2.75, 3.05) is 0 Å². The van der Waals surface area contributed by atoms with Gasteiger partial charge in [-0.25, -0.2) is 9.78 Å². The maximum absolute atomic E-state index is 14.3. The molecule has 29 heavy (non-hydrogen) atoms. The third-order valence-electron chi connectivity index (χ3n) is 4.14. The van der Waals surface area contributed by atoms with Crippen molar-refractivity contribution in [3.8, 4) is 0 Å². The van der Waals surface area contributed by atoms with Gasteiger partial charge in [-0.2, -0.15) is 0 Å². The molecule has 0 aliphatic heterocycles. The van der Waals surface area contributed by atoms with Gasteiger partial charge in [-0.1, -0.05) is 60.7 Å². The molecule has 0 spiro atoms. The fourth-order valence-electron chi connectivity index (χ4n) is 2.94. The van der Waals surface area contributed by atoms with Crippen LogP contribution in [-0.4, -0.2) is 16.7 Å². The number of hydrogen-bond donors (Lipinski definition) is 1. The average Bonchev–Trinajstić information content (AvgIpc) is 3.07. The van der Waals surface area contributed by atoms with E-state index in [1.807, 2.05) is 60.7 Å². The van der Waals surface area contributed by atoms with Gasteiger partial charge in [0.2, 0.25) is 5.89 Å². The van der Waals surface area contributed by atoms with E-state index < -0.39 is 18.8 Å². The lowest BCUT2D eigenvalue weighted by Crippen LogP contribution is -2.32. The summed E-state index contributed by atoms with van der Waals surface area (Å²) >= 11 is 0. The van der Waals surface area contributed by atoms with Gasteiger partial charge in [-0.15, -0.1) is 0 Å². The molecule has 3 rings (SSSR count). The number of oxazole rings is 1. The Bertz CT molecular complexity index is 980. The summed E-state index contributed by atoms with van der Waals surface area (Å²) in [5.74, 6) is 0.734. The number of rotatable bonds is 5. The zero-order valence-corrected chi connectivity index (χ0v) is 17.9. The largest absolute Gasteiger partial charge is 0.444 e. The molecule has 0 unspecified atom stereocenters. The predicted octanol–water partition coefficient (Wildman–Crippen LogP) is 3.65. The molecule has 6 nitrogen and oxygen atoms in total. The quantitative estimate of drug-likeness (QED) is 0.647. The van der Waals surface area contributed by atoms with Crippen molar-refractivity contribution in [1.82, 2.24) is 10.3 Å². The maximum atomic E-state index is 14.3. The molecule has 1 heterocycles. The van der Waals surface area contributed by atoms with E-state index in [1.54, 1.807) is 27.7 Å². The second kappa shape index (κ2) is 8.26. The van der Waals surface area contributed by atoms with Crippen molar-refractivity contribution in [3.05, 3.63) is 72.3 Å². The zero-order valence-electron chi connectivity index (χ0n) is 17.0. The number of carbonyl (C=O) groups is 1. The Morgan fingerprint density at radius 1 is 1.03 bits per heavy atom. The van der Waals surface area contributed by atoms with E-state index in [2.05, 4.69) is 10.3 Å². The van der Waals surface area contributed by atoms with Crippen molar-refractivity contribution >= 4 is 29.3 Å². The lowest BCUT2D eigenvalue weighted by molar-refractivity contribution is 0.0518. The maximum Gasteiger partial charge on any atom is 0.408 e. The molecule has 0 atom stereocenters. The first-order valence-corrected chi connectivity index (χ1v) is 11.1. The number of benzene rings is 2. The number of carbonyl (C=O) groups excluding carboxylic acids is 1. The van der Waals surface area contributed by atoms with Gasteiger partial charge in [0.15, 0.2) is 7.14 Å². The monoisotopic (exact) mass is 412 g/mol. The van der Waals surface area contributed by atoms with Crippen LogP contribution in [0.1, 0.15) is 32.4 Å². The third kappa shape index (κ3) is 4.77. The Labute approximate surface area is 170 Å². The molecule has 1 N–H and O–H groups in total. The molecule has 0 aliphatic carbocycles. The van der Waals surface area contributed by atoms with Gasteiger partial charge in [0.1, 0.15) is 16.8 Å². The van der Waals surface area contributed by atoms with Gasteiger partial charge < -0.3 is 19.0 Å². The Kier molecular flexibility index (Phi) is 5.94. The summed E-state index contributed by atoms with van der Waals surface area (Å²) in [7, 11) is -3.22. The smallest absolute Gasteiger partial charge is 0.408 e. The van der Waals surface area contributed by atoms with Gasteiger partial charge >= 0.3 is 6.09 Å². The molecule has 2 aromatic carbocycles. The molecule has 0 aliphatic rings. The number of ether oxygens (including phenoxy) is 1.